The van der Waals surface area contributed by atoms with Crippen molar-refractivity contribution in [1.29, 1.82) is 0 Å². The monoisotopic (exact) mass is 190 g/mol. The van der Waals surface area contributed by atoms with Crippen LogP contribution >= 0.6 is 11.6 Å². The molecule has 0 amide bonds. The van der Waals surface area contributed by atoms with Crippen LogP contribution in [0.5, 0.6) is 0 Å². The van der Waals surface area contributed by atoms with E-state index in [9.17, 15) is 4.79 Å². The number of allylic oxidation sites excluding steroid dienone is 1. The van der Waals surface area contributed by atoms with Crippen LogP contribution in [-0.2, 0) is 9.53 Å². The van der Waals surface area contributed by atoms with Crippen molar-refractivity contribution in [3.05, 3.63) is 12.7 Å². The molecule has 0 aromatic heterocycles. The summed E-state index contributed by atoms with van der Waals surface area (Å²) in [5.41, 5.74) is 0. The molecule has 0 aromatic carbocycles. The number of halogens is 1. The lowest BCUT2D eigenvalue weighted by Gasteiger charge is -2.26. The molecule has 0 saturated heterocycles. The summed E-state index contributed by atoms with van der Waals surface area (Å²) in [4.78, 5) is 10.3. The number of hydrogen-bond acceptors (Lipinski definition) is 2. The van der Waals surface area contributed by atoms with Crippen molar-refractivity contribution < 1.29 is 9.53 Å². The van der Waals surface area contributed by atoms with Crippen LogP contribution < -0.4 is 0 Å². The lowest BCUT2D eigenvalue weighted by molar-refractivity contribution is -0.145. The van der Waals surface area contributed by atoms with Crippen LogP contribution in [0.2, 0.25) is 0 Å². The SMILES string of the molecule is C=CCC(Cl)(C(=O)OC)C(C)C. The average Bonchev–Trinajstić information content (AvgIpc) is 2.03. The molecule has 0 fully saturated rings. The number of rotatable bonds is 4. The van der Waals surface area contributed by atoms with E-state index in [1.54, 1.807) is 6.08 Å². The first-order chi connectivity index (χ1) is 5.49. The second kappa shape index (κ2) is 4.51. The van der Waals surface area contributed by atoms with Gasteiger partial charge in [-0.2, -0.15) is 0 Å². The normalized spacial score (nSPS) is 15.4. The topological polar surface area (TPSA) is 26.3 Å². The van der Waals surface area contributed by atoms with Gasteiger partial charge in [0.25, 0.3) is 0 Å². The molecule has 0 heterocycles. The Morgan fingerprint density at radius 1 is 1.75 bits per heavy atom. The number of ether oxygens (including phenoxy) is 1. The Balaban J connectivity index is 4.60. The molecule has 1 atom stereocenters. The van der Waals surface area contributed by atoms with Crippen molar-refractivity contribution in [3.63, 3.8) is 0 Å². The minimum Gasteiger partial charge on any atom is -0.468 e. The van der Waals surface area contributed by atoms with Gasteiger partial charge in [-0.3, -0.25) is 4.79 Å². The van der Waals surface area contributed by atoms with Gasteiger partial charge in [-0.25, -0.2) is 0 Å². The molecule has 0 spiro atoms. The van der Waals surface area contributed by atoms with Crippen LogP contribution in [0.3, 0.4) is 0 Å². The van der Waals surface area contributed by atoms with Gasteiger partial charge < -0.3 is 4.74 Å². The first-order valence-electron chi connectivity index (χ1n) is 3.87. The van der Waals surface area contributed by atoms with Gasteiger partial charge in [0.15, 0.2) is 0 Å². The second-order valence-corrected chi connectivity index (χ2v) is 3.68. The first kappa shape index (κ1) is 11.5. The van der Waals surface area contributed by atoms with Crippen molar-refractivity contribution in [1.82, 2.24) is 0 Å². The maximum Gasteiger partial charge on any atom is 0.327 e. The molecule has 0 bridgehead atoms. The fourth-order valence-corrected chi connectivity index (χ4v) is 1.12. The Morgan fingerprint density at radius 2 is 2.25 bits per heavy atom. The quantitative estimate of drug-likeness (QED) is 0.387. The summed E-state index contributed by atoms with van der Waals surface area (Å²) in [6.45, 7) is 7.32. The van der Waals surface area contributed by atoms with Crippen molar-refractivity contribution >= 4 is 17.6 Å². The summed E-state index contributed by atoms with van der Waals surface area (Å²) in [7, 11) is 1.34. The minimum atomic E-state index is -0.948. The van der Waals surface area contributed by atoms with E-state index in [4.69, 9.17) is 11.6 Å². The Hall–Kier alpha value is -0.500. The predicted octanol–water partition coefficient (Wildman–Crippen LogP) is 2.37. The number of hydrogen-bond donors (Lipinski definition) is 0. The molecule has 0 aliphatic heterocycles. The zero-order valence-electron chi connectivity index (χ0n) is 7.76. The van der Waals surface area contributed by atoms with Gasteiger partial charge in [0.2, 0.25) is 0 Å². The van der Waals surface area contributed by atoms with E-state index in [-0.39, 0.29) is 11.9 Å². The van der Waals surface area contributed by atoms with Gasteiger partial charge >= 0.3 is 5.97 Å². The van der Waals surface area contributed by atoms with Gasteiger partial charge in [0.1, 0.15) is 4.87 Å². The molecule has 0 aromatic rings. The van der Waals surface area contributed by atoms with Crippen LogP contribution in [0.25, 0.3) is 0 Å². The fraction of sp³-hybridized carbons (Fsp3) is 0.667. The Labute approximate surface area is 78.5 Å². The summed E-state index contributed by atoms with van der Waals surface area (Å²) >= 11 is 6.08. The highest BCUT2D eigenvalue weighted by Crippen LogP contribution is 2.30. The largest absolute Gasteiger partial charge is 0.468 e. The van der Waals surface area contributed by atoms with Crippen LogP contribution in [0.1, 0.15) is 20.3 Å². The molecule has 3 heteroatoms. The number of esters is 1. The van der Waals surface area contributed by atoms with E-state index >= 15 is 0 Å². The smallest absolute Gasteiger partial charge is 0.327 e. The lowest BCUT2D eigenvalue weighted by atomic mass is 9.91. The summed E-state index contributed by atoms with van der Waals surface area (Å²) in [6.07, 6.45) is 2.06. The van der Waals surface area contributed by atoms with Crippen molar-refractivity contribution in [2.24, 2.45) is 5.92 Å². The van der Waals surface area contributed by atoms with Gasteiger partial charge in [-0.1, -0.05) is 19.9 Å². The molecule has 2 nitrogen and oxygen atoms in total. The molecular weight excluding hydrogens is 176 g/mol. The summed E-state index contributed by atoms with van der Waals surface area (Å²) < 4.78 is 4.61. The zero-order chi connectivity index (χ0) is 9.78. The molecule has 0 rings (SSSR count). The van der Waals surface area contributed by atoms with Crippen molar-refractivity contribution in [2.45, 2.75) is 25.1 Å². The van der Waals surface area contributed by atoms with Gasteiger partial charge in [-0.05, 0) is 12.3 Å². The summed E-state index contributed by atoms with van der Waals surface area (Å²) in [5, 5.41) is 0. The lowest BCUT2D eigenvalue weighted by Crippen LogP contribution is -2.38. The highest BCUT2D eigenvalue weighted by molar-refractivity contribution is 6.34. The number of carbonyl (C=O) groups excluding carboxylic acids is 1. The standard InChI is InChI=1S/C9H15ClO2/c1-5-6-9(10,7(2)3)8(11)12-4/h5,7H,1,6H2,2-4H3. The molecule has 1 unspecified atom stereocenters. The van der Waals surface area contributed by atoms with E-state index in [2.05, 4.69) is 11.3 Å². The minimum absolute atomic E-state index is 0.0321. The highest BCUT2D eigenvalue weighted by atomic mass is 35.5. The van der Waals surface area contributed by atoms with Crippen LogP contribution in [-0.4, -0.2) is 18.0 Å². The van der Waals surface area contributed by atoms with Gasteiger partial charge in [-0.15, -0.1) is 18.2 Å². The van der Waals surface area contributed by atoms with E-state index in [1.807, 2.05) is 13.8 Å². The van der Waals surface area contributed by atoms with Crippen LogP contribution in [0, 0.1) is 5.92 Å². The second-order valence-electron chi connectivity index (χ2n) is 3.00. The molecule has 70 valence electrons. The fourth-order valence-electron chi connectivity index (χ4n) is 0.934. The van der Waals surface area contributed by atoms with E-state index in [0.717, 1.165) is 0 Å². The third-order valence-electron chi connectivity index (χ3n) is 1.88. The molecule has 0 radical (unpaired) electrons. The maximum absolute atomic E-state index is 11.3. The summed E-state index contributed by atoms with van der Waals surface area (Å²) in [6, 6.07) is 0. The predicted molar refractivity (Wildman–Crippen MR) is 50.3 cm³/mol. The van der Waals surface area contributed by atoms with Crippen molar-refractivity contribution in [3.8, 4) is 0 Å². The van der Waals surface area contributed by atoms with Gasteiger partial charge in [0, 0.05) is 0 Å². The number of methoxy groups -OCH3 is 1. The zero-order valence-corrected chi connectivity index (χ0v) is 8.52. The third-order valence-corrected chi connectivity index (χ3v) is 2.63. The molecule has 0 aliphatic carbocycles. The molecule has 0 N–H and O–H groups in total. The third kappa shape index (κ3) is 2.24. The number of alkyl halides is 1. The van der Waals surface area contributed by atoms with Crippen LogP contribution in [0.4, 0.5) is 0 Å². The van der Waals surface area contributed by atoms with E-state index in [0.29, 0.717) is 6.42 Å². The van der Waals surface area contributed by atoms with Gasteiger partial charge in [0.05, 0.1) is 7.11 Å². The van der Waals surface area contributed by atoms with Crippen molar-refractivity contribution in [2.75, 3.05) is 7.11 Å². The molecule has 0 aliphatic rings. The Morgan fingerprint density at radius 3 is 2.50 bits per heavy atom. The first-order valence-corrected chi connectivity index (χ1v) is 4.25. The average molecular weight is 191 g/mol. The molecule has 12 heavy (non-hydrogen) atoms. The highest BCUT2D eigenvalue weighted by Gasteiger charge is 2.39. The van der Waals surface area contributed by atoms with E-state index in [1.165, 1.54) is 7.11 Å². The maximum atomic E-state index is 11.3. The Kier molecular flexibility index (Phi) is 4.32. The molecule has 0 saturated carbocycles. The Bertz CT molecular complexity index is 177. The summed E-state index contributed by atoms with van der Waals surface area (Å²) in [5.74, 6) is -0.358. The number of carbonyl (C=O) groups is 1. The van der Waals surface area contributed by atoms with Crippen LogP contribution in [0.15, 0.2) is 12.7 Å². The molecular formula is C9H15ClO2. The van der Waals surface area contributed by atoms with E-state index < -0.39 is 4.87 Å².